The highest BCUT2D eigenvalue weighted by atomic mass is 32.1. The molecule has 2 aliphatic heterocycles. The minimum atomic E-state index is -1.10. The Kier molecular flexibility index (Phi) is 5.51. The van der Waals surface area contributed by atoms with E-state index >= 15 is 0 Å². The van der Waals surface area contributed by atoms with Gasteiger partial charge in [-0.05, 0) is 73.1 Å². The van der Waals surface area contributed by atoms with Crippen molar-refractivity contribution in [2.45, 2.75) is 12.8 Å². The van der Waals surface area contributed by atoms with E-state index in [1.54, 1.807) is 12.1 Å². The number of nitrogens with zero attached hydrogens (tertiary/aromatic N) is 2. The maximum absolute atomic E-state index is 14.6. The van der Waals surface area contributed by atoms with Crippen LogP contribution in [-0.2, 0) is 9.59 Å². The van der Waals surface area contributed by atoms with Crippen molar-refractivity contribution in [2.24, 2.45) is 0 Å². The molecule has 0 bridgehead atoms. The molecule has 0 aromatic heterocycles. The van der Waals surface area contributed by atoms with Crippen LogP contribution in [0.2, 0.25) is 0 Å². The molecule has 2 aromatic rings. The standard InChI is InChI=1S/C22H18FN3O4S/c23-17-12-13(3-8-18(17)25-9-1-2-10-25)11-16-19(27)24-22(31)26(20(16)28)15-6-4-14(5-7-15)21(29)30/h3-8,11-12H,1-2,9-10H2,(H,29,30)(H,24,27,31)/b16-11+. The number of hydrogen-bond acceptors (Lipinski definition) is 5. The van der Waals surface area contributed by atoms with Gasteiger partial charge in [-0.25, -0.2) is 9.18 Å². The van der Waals surface area contributed by atoms with Crippen LogP contribution in [0.1, 0.15) is 28.8 Å². The number of carboxylic acids is 1. The lowest BCUT2D eigenvalue weighted by molar-refractivity contribution is -0.122. The van der Waals surface area contributed by atoms with Crippen molar-refractivity contribution in [3.05, 3.63) is 65.0 Å². The summed E-state index contributed by atoms with van der Waals surface area (Å²) in [7, 11) is 0. The maximum atomic E-state index is 14.6. The molecule has 2 fully saturated rings. The summed E-state index contributed by atoms with van der Waals surface area (Å²) in [6.45, 7) is 1.59. The smallest absolute Gasteiger partial charge is 0.335 e. The number of amides is 2. The lowest BCUT2D eigenvalue weighted by atomic mass is 10.1. The van der Waals surface area contributed by atoms with Gasteiger partial charge in [0.2, 0.25) is 0 Å². The van der Waals surface area contributed by atoms with Crippen LogP contribution < -0.4 is 15.1 Å². The lowest BCUT2D eigenvalue weighted by Crippen LogP contribution is -2.54. The number of hydrogen-bond donors (Lipinski definition) is 2. The van der Waals surface area contributed by atoms with Crippen LogP contribution in [0.15, 0.2) is 48.0 Å². The molecule has 2 saturated heterocycles. The second-order valence-electron chi connectivity index (χ2n) is 7.21. The molecule has 0 atom stereocenters. The summed E-state index contributed by atoms with van der Waals surface area (Å²) in [6.07, 6.45) is 3.35. The lowest BCUT2D eigenvalue weighted by Gasteiger charge is -2.29. The number of carbonyl (C=O) groups excluding carboxylic acids is 2. The molecule has 2 amide bonds. The largest absolute Gasteiger partial charge is 0.478 e. The van der Waals surface area contributed by atoms with Crippen LogP contribution in [0.25, 0.3) is 6.08 Å². The van der Waals surface area contributed by atoms with Gasteiger partial charge in [0.25, 0.3) is 11.8 Å². The summed E-state index contributed by atoms with van der Waals surface area (Å²) < 4.78 is 14.6. The normalized spacial score (nSPS) is 18.0. The molecule has 2 N–H and O–H groups in total. The molecule has 9 heteroatoms. The molecule has 0 unspecified atom stereocenters. The number of nitrogens with one attached hydrogen (secondary N) is 1. The fraction of sp³-hybridized carbons (Fsp3) is 0.182. The van der Waals surface area contributed by atoms with E-state index in [4.69, 9.17) is 17.3 Å². The Morgan fingerprint density at radius 1 is 1.10 bits per heavy atom. The highest BCUT2D eigenvalue weighted by molar-refractivity contribution is 7.80. The third-order valence-electron chi connectivity index (χ3n) is 5.20. The van der Waals surface area contributed by atoms with Gasteiger partial charge in [-0.15, -0.1) is 0 Å². The highest BCUT2D eigenvalue weighted by Gasteiger charge is 2.34. The summed E-state index contributed by atoms with van der Waals surface area (Å²) >= 11 is 5.13. The quantitative estimate of drug-likeness (QED) is 0.433. The Labute approximate surface area is 182 Å². The molecular weight excluding hydrogens is 421 g/mol. The molecule has 0 saturated carbocycles. The van der Waals surface area contributed by atoms with E-state index in [0.29, 0.717) is 16.9 Å². The van der Waals surface area contributed by atoms with Crippen molar-refractivity contribution in [2.75, 3.05) is 22.9 Å². The van der Waals surface area contributed by atoms with Gasteiger partial charge in [0, 0.05) is 13.1 Å². The number of anilines is 2. The van der Waals surface area contributed by atoms with Gasteiger partial charge < -0.3 is 10.0 Å². The van der Waals surface area contributed by atoms with Crippen molar-refractivity contribution in [1.29, 1.82) is 0 Å². The first kappa shape index (κ1) is 20.7. The Balaban J connectivity index is 1.64. The molecule has 7 nitrogen and oxygen atoms in total. The second-order valence-corrected chi connectivity index (χ2v) is 7.60. The van der Waals surface area contributed by atoms with E-state index in [9.17, 15) is 18.8 Å². The molecule has 2 aliphatic rings. The van der Waals surface area contributed by atoms with E-state index in [1.807, 2.05) is 4.90 Å². The third-order valence-corrected chi connectivity index (χ3v) is 5.49. The first-order valence-electron chi connectivity index (χ1n) is 9.64. The molecule has 2 heterocycles. The van der Waals surface area contributed by atoms with Crippen LogP contribution in [0.4, 0.5) is 15.8 Å². The van der Waals surface area contributed by atoms with E-state index in [-0.39, 0.29) is 16.2 Å². The van der Waals surface area contributed by atoms with Crippen molar-refractivity contribution in [1.82, 2.24) is 5.32 Å². The molecule has 0 spiro atoms. The average Bonchev–Trinajstić information content (AvgIpc) is 3.26. The Morgan fingerprint density at radius 2 is 1.77 bits per heavy atom. The van der Waals surface area contributed by atoms with Crippen LogP contribution in [-0.4, -0.2) is 41.1 Å². The minimum Gasteiger partial charge on any atom is -0.478 e. The number of carbonyl (C=O) groups is 3. The molecule has 2 aromatic carbocycles. The van der Waals surface area contributed by atoms with Crippen molar-refractivity contribution < 1.29 is 23.9 Å². The zero-order chi connectivity index (χ0) is 22.1. The number of halogens is 1. The summed E-state index contributed by atoms with van der Waals surface area (Å²) in [6, 6.07) is 10.1. The first-order chi connectivity index (χ1) is 14.8. The van der Waals surface area contributed by atoms with Crippen molar-refractivity contribution >= 4 is 52.6 Å². The fourth-order valence-electron chi connectivity index (χ4n) is 3.64. The SMILES string of the molecule is O=C1NC(=S)N(c2ccc(C(=O)O)cc2)C(=O)/C1=C/c1ccc(N2CCCC2)c(F)c1. The molecule has 0 aliphatic carbocycles. The third kappa shape index (κ3) is 4.04. The topological polar surface area (TPSA) is 90.0 Å². The van der Waals surface area contributed by atoms with Crippen LogP contribution >= 0.6 is 12.2 Å². The number of rotatable bonds is 4. The van der Waals surface area contributed by atoms with Crippen molar-refractivity contribution in [3.8, 4) is 0 Å². The van der Waals surface area contributed by atoms with Crippen LogP contribution in [0.3, 0.4) is 0 Å². The number of carboxylic acid groups (broad SMARTS) is 1. The zero-order valence-electron chi connectivity index (χ0n) is 16.3. The summed E-state index contributed by atoms with van der Waals surface area (Å²) in [5, 5.41) is 11.4. The first-order valence-corrected chi connectivity index (χ1v) is 10.1. The van der Waals surface area contributed by atoms with E-state index in [1.165, 1.54) is 36.4 Å². The van der Waals surface area contributed by atoms with Crippen molar-refractivity contribution in [3.63, 3.8) is 0 Å². The van der Waals surface area contributed by atoms with E-state index in [0.717, 1.165) is 30.8 Å². The predicted molar refractivity (Wildman–Crippen MR) is 117 cm³/mol. The van der Waals surface area contributed by atoms with Gasteiger partial charge in [0.05, 0.1) is 16.9 Å². The minimum absolute atomic E-state index is 0.0486. The van der Waals surface area contributed by atoms with Gasteiger partial charge in [0.15, 0.2) is 5.11 Å². The molecular formula is C22H18FN3O4S. The molecule has 4 rings (SSSR count). The van der Waals surface area contributed by atoms with Gasteiger partial charge in [0.1, 0.15) is 11.4 Å². The Hall–Kier alpha value is -3.59. The molecule has 0 radical (unpaired) electrons. The fourth-order valence-corrected chi connectivity index (χ4v) is 3.92. The van der Waals surface area contributed by atoms with Gasteiger partial charge in [-0.1, -0.05) is 6.07 Å². The maximum Gasteiger partial charge on any atom is 0.335 e. The number of thiocarbonyl (C=S) groups is 1. The molecule has 31 heavy (non-hydrogen) atoms. The van der Waals surface area contributed by atoms with Crippen LogP contribution in [0, 0.1) is 5.82 Å². The molecule has 158 valence electrons. The van der Waals surface area contributed by atoms with E-state index < -0.39 is 23.6 Å². The van der Waals surface area contributed by atoms with Gasteiger partial charge >= 0.3 is 5.97 Å². The number of benzene rings is 2. The van der Waals surface area contributed by atoms with E-state index in [2.05, 4.69) is 5.32 Å². The Morgan fingerprint density at radius 3 is 2.39 bits per heavy atom. The van der Waals surface area contributed by atoms with Crippen LogP contribution in [0.5, 0.6) is 0 Å². The summed E-state index contributed by atoms with van der Waals surface area (Å²) in [5.41, 5.74) is 1.02. The zero-order valence-corrected chi connectivity index (χ0v) is 17.1. The predicted octanol–water partition coefficient (Wildman–Crippen LogP) is 2.96. The highest BCUT2D eigenvalue weighted by Crippen LogP contribution is 2.27. The summed E-state index contributed by atoms with van der Waals surface area (Å²) in [5.74, 6) is -2.89. The van der Waals surface area contributed by atoms with Gasteiger partial charge in [-0.2, -0.15) is 0 Å². The monoisotopic (exact) mass is 439 g/mol. The number of aromatic carboxylic acids is 1. The second kappa shape index (κ2) is 8.27. The Bertz CT molecular complexity index is 1120. The summed E-state index contributed by atoms with van der Waals surface area (Å²) in [4.78, 5) is 39.5. The average molecular weight is 439 g/mol. The van der Waals surface area contributed by atoms with Gasteiger partial charge in [-0.3, -0.25) is 19.8 Å².